The molecule has 0 aromatic heterocycles. The fourth-order valence-corrected chi connectivity index (χ4v) is 12.2. The zero-order valence-electron chi connectivity index (χ0n) is 39.4. The Morgan fingerprint density at radius 3 is 1.17 bits per heavy atom. The van der Waals surface area contributed by atoms with Crippen LogP contribution in [0.2, 0.25) is 0 Å². The van der Waals surface area contributed by atoms with Gasteiger partial charge in [0.15, 0.2) is 17.3 Å². The van der Waals surface area contributed by atoms with Crippen LogP contribution in [0, 0.1) is 87.7 Å². The second kappa shape index (κ2) is 17.5. The zero-order chi connectivity index (χ0) is 47.4. The third-order valence-corrected chi connectivity index (χ3v) is 16.2. The number of amides is 2. The summed E-state index contributed by atoms with van der Waals surface area (Å²) in [6, 6.07) is 0. The molecule has 0 bridgehead atoms. The number of hydrogen-bond donors (Lipinski definition) is 2. The van der Waals surface area contributed by atoms with E-state index in [0.717, 1.165) is 84.0 Å². The highest BCUT2D eigenvalue weighted by molar-refractivity contribution is 6.03. The fraction of sp³-hybridized carbons (Fsp3) is 0.706. The number of ketones is 3. The summed E-state index contributed by atoms with van der Waals surface area (Å²) in [7, 11) is 0. The molecule has 6 aliphatic carbocycles. The van der Waals surface area contributed by atoms with Crippen molar-refractivity contribution in [3.8, 4) is 0 Å². The molecule has 64 heavy (non-hydrogen) atoms. The van der Waals surface area contributed by atoms with Crippen molar-refractivity contribution >= 4 is 35.1 Å². The van der Waals surface area contributed by atoms with Gasteiger partial charge in [-0.2, -0.15) is 0 Å². The monoisotopic (exact) mass is 877 g/mol. The lowest BCUT2D eigenvalue weighted by Crippen LogP contribution is -2.56. The molecule has 9 rings (SSSR count). The molecule has 9 aliphatic rings. The third-order valence-electron chi connectivity index (χ3n) is 16.2. The number of nitrogens with zero attached hydrogens (tertiary/aromatic N) is 5. The van der Waals surface area contributed by atoms with Crippen molar-refractivity contribution in [3.05, 3.63) is 69.6 Å². The maximum absolute atomic E-state index is 12.4. The zero-order valence-corrected chi connectivity index (χ0v) is 39.4. The Labute approximate surface area is 380 Å². The molecule has 0 aromatic rings. The van der Waals surface area contributed by atoms with E-state index in [0.29, 0.717) is 24.7 Å². The number of rotatable bonds is 3. The first-order chi connectivity index (χ1) is 29.8. The molecule has 0 spiro atoms. The third kappa shape index (κ3) is 9.28. The van der Waals surface area contributed by atoms with Gasteiger partial charge in [0.05, 0.1) is 25.6 Å². The van der Waals surface area contributed by atoms with Gasteiger partial charge in [0.25, 0.3) is 0 Å². The number of aliphatic carboxylic acids is 1. The van der Waals surface area contributed by atoms with E-state index < -0.39 is 22.2 Å². The Hall–Kier alpha value is -4.93. The van der Waals surface area contributed by atoms with Crippen LogP contribution in [0.15, 0.2) is 35.3 Å². The van der Waals surface area contributed by atoms with Crippen molar-refractivity contribution in [2.45, 2.75) is 120 Å². The molecule has 0 aromatic carbocycles. The van der Waals surface area contributed by atoms with Gasteiger partial charge in [-0.15, -0.1) is 0 Å². The van der Waals surface area contributed by atoms with E-state index in [1.54, 1.807) is 0 Å². The maximum Gasteiger partial charge on any atom is 0.306 e. The summed E-state index contributed by atoms with van der Waals surface area (Å²) in [5, 5.41) is 11.4. The molecule has 2 N–H and O–H groups in total. The summed E-state index contributed by atoms with van der Waals surface area (Å²) in [5.41, 5.74) is -1.18. The molecule has 3 aliphatic heterocycles. The van der Waals surface area contributed by atoms with E-state index in [2.05, 4.69) is 40.6 Å². The quantitative estimate of drug-likeness (QED) is 0.272. The van der Waals surface area contributed by atoms with Crippen molar-refractivity contribution in [3.63, 3.8) is 0 Å². The molecule has 6 fully saturated rings. The van der Waals surface area contributed by atoms with Crippen LogP contribution in [0.5, 0.6) is 0 Å². The molecular weight excluding hydrogens is 809 g/mol. The van der Waals surface area contributed by atoms with Crippen LogP contribution in [0.1, 0.15) is 120 Å². The lowest BCUT2D eigenvalue weighted by molar-refractivity contribution is -0.143. The van der Waals surface area contributed by atoms with Crippen molar-refractivity contribution in [2.75, 3.05) is 39.3 Å². The number of fused-ring (bicyclic) bond motifs is 3. The lowest BCUT2D eigenvalue weighted by atomic mass is 9.55. The molecule has 0 radical (unpaired) electrons. The van der Waals surface area contributed by atoms with Gasteiger partial charge in [0.2, 0.25) is 28.9 Å². The fourth-order valence-electron chi connectivity index (χ4n) is 12.2. The molecule has 3 saturated heterocycles. The Bertz CT molecular complexity index is 2100. The van der Waals surface area contributed by atoms with E-state index in [-0.39, 0.29) is 86.4 Å². The van der Waals surface area contributed by atoms with Gasteiger partial charge in [-0.25, -0.2) is 14.5 Å². The predicted molar refractivity (Wildman–Crippen MR) is 241 cm³/mol. The summed E-state index contributed by atoms with van der Waals surface area (Å²) < 4.78 is 0. The smallest absolute Gasteiger partial charge is 0.306 e. The minimum Gasteiger partial charge on any atom is -0.481 e. The average Bonchev–Trinajstić information content (AvgIpc) is 4.07. The Kier molecular flexibility index (Phi) is 13.2. The standard InChI is InChI=1S/2C17H22N2O2.C13H18N2O.C4H6O2/c2*1-16(2)13-7-8-19(15(21)11-5-6-11)10-17(13,3)9-12(18-4)14(16)20;1-12(2)10-5-6-15-8-13(10,3)7-9(14-4)11(12)16;5-4(6)3-1-2-3/h2*9,11,13H,5-8,10H2,1-3H3;7,10,15H,5-6,8H2,1-3H3;3H,1-2H2,(H,5,6)/t2*13-,17+;10-,13+;/m100./s1. The van der Waals surface area contributed by atoms with Crippen molar-refractivity contribution in [1.82, 2.24) is 15.1 Å². The summed E-state index contributed by atoms with van der Waals surface area (Å²) in [6.07, 6.45) is 14.1. The first-order valence-electron chi connectivity index (χ1n) is 23.3. The van der Waals surface area contributed by atoms with Gasteiger partial charge in [-0.05, 0) is 98.3 Å². The van der Waals surface area contributed by atoms with E-state index in [1.165, 1.54) is 0 Å². The maximum atomic E-state index is 12.4. The van der Waals surface area contributed by atoms with Crippen molar-refractivity contribution in [1.29, 1.82) is 0 Å². The minimum absolute atomic E-state index is 0.0185. The lowest BCUT2D eigenvalue weighted by Gasteiger charge is -2.53. The Morgan fingerprint density at radius 2 is 0.875 bits per heavy atom. The highest BCUT2D eigenvalue weighted by Crippen LogP contribution is 2.55. The largest absolute Gasteiger partial charge is 0.481 e. The number of carbonyl (C=O) groups is 6. The molecule has 3 heterocycles. The summed E-state index contributed by atoms with van der Waals surface area (Å²) in [5.74, 6) is 1.07. The van der Waals surface area contributed by atoms with E-state index >= 15 is 0 Å². The molecule has 6 atom stereocenters. The number of Topliss-reactive ketones (excluding diaryl/α,β-unsaturated/α-hetero) is 3. The number of carboxylic acid groups (broad SMARTS) is 1. The van der Waals surface area contributed by atoms with Crippen LogP contribution in [0.25, 0.3) is 14.5 Å². The second-order valence-electron chi connectivity index (χ2n) is 22.5. The van der Waals surface area contributed by atoms with Crippen LogP contribution in [-0.2, 0) is 28.8 Å². The highest BCUT2D eigenvalue weighted by Gasteiger charge is 2.56. The molecule has 3 saturated carbocycles. The normalized spacial score (nSPS) is 34.1. The minimum atomic E-state index is -0.630. The van der Waals surface area contributed by atoms with Gasteiger partial charge in [-0.3, -0.25) is 14.4 Å². The van der Waals surface area contributed by atoms with Crippen LogP contribution in [-0.4, -0.2) is 89.3 Å². The van der Waals surface area contributed by atoms with Gasteiger partial charge >= 0.3 is 5.97 Å². The van der Waals surface area contributed by atoms with Gasteiger partial charge in [-0.1, -0.05) is 80.5 Å². The number of piperidine rings is 3. The van der Waals surface area contributed by atoms with E-state index in [1.807, 2.05) is 69.6 Å². The number of carboxylic acids is 1. The number of carbonyl (C=O) groups excluding carboxylic acids is 5. The molecule has 13 heteroatoms. The molecule has 2 amide bonds. The van der Waals surface area contributed by atoms with Crippen molar-refractivity contribution < 1.29 is 33.9 Å². The molecule has 344 valence electrons. The predicted octanol–water partition coefficient (Wildman–Crippen LogP) is 7.82. The highest BCUT2D eigenvalue weighted by atomic mass is 16.4. The summed E-state index contributed by atoms with van der Waals surface area (Å²) in [6.45, 7) is 44.4. The SMILES string of the molecule is O=C(O)C1CC1.[C-]#[N+]C1=C[C@@]2(C)CN(C(=O)C3CC3)CC[C@@H]2C(C)(C)C1=O.[C-]#[N+]C1=C[C@]2(C)CN(C(=O)C3CC3)CC[C@H]2C(C)(C)C1=O.[C-]#[N+]C1=C[C@]2(C)CNCC[C@H]2C(C)(C)C1=O. The van der Waals surface area contributed by atoms with Crippen LogP contribution < -0.4 is 5.32 Å². The molecule has 13 nitrogen and oxygen atoms in total. The van der Waals surface area contributed by atoms with Crippen LogP contribution in [0.4, 0.5) is 0 Å². The number of nitrogens with one attached hydrogen (secondary N) is 1. The number of likely N-dealkylation sites (tertiary alicyclic amines) is 2. The summed E-state index contributed by atoms with van der Waals surface area (Å²) >= 11 is 0. The first kappa shape index (κ1) is 48.5. The summed E-state index contributed by atoms with van der Waals surface area (Å²) in [4.78, 5) is 85.7. The van der Waals surface area contributed by atoms with Gasteiger partial charge < -0.3 is 34.6 Å². The van der Waals surface area contributed by atoms with Gasteiger partial charge in [0.1, 0.15) is 0 Å². The van der Waals surface area contributed by atoms with E-state index in [4.69, 9.17) is 24.8 Å². The average molecular weight is 877 g/mol. The topological polar surface area (TPSA) is 154 Å². The first-order valence-corrected chi connectivity index (χ1v) is 23.3. The Morgan fingerprint density at radius 1 is 0.547 bits per heavy atom. The Balaban J connectivity index is 0.000000151. The van der Waals surface area contributed by atoms with E-state index in [9.17, 15) is 28.8 Å². The second-order valence-corrected chi connectivity index (χ2v) is 22.5. The molecular formula is C51H68N6O7. The van der Waals surface area contributed by atoms with Crippen LogP contribution in [0.3, 0.4) is 0 Å². The van der Waals surface area contributed by atoms with Crippen LogP contribution >= 0.6 is 0 Å². The van der Waals surface area contributed by atoms with Crippen molar-refractivity contribution in [2.24, 2.45) is 68.0 Å². The number of allylic oxidation sites excluding steroid dienone is 3. The number of hydrogen-bond acceptors (Lipinski definition) is 7. The van der Waals surface area contributed by atoms with Gasteiger partial charge in [0, 0.05) is 60.8 Å². The molecule has 0 unspecified atom stereocenters.